The lowest BCUT2D eigenvalue weighted by Crippen LogP contribution is -2.37. The number of ether oxygens (including phenoxy) is 3. The minimum atomic E-state index is -2.03. The molecule has 1 rings (SSSR count). The Morgan fingerprint density at radius 1 is 0.938 bits per heavy atom. The molecule has 0 unspecified atom stereocenters. The zero-order valence-corrected chi connectivity index (χ0v) is 12.0. The van der Waals surface area contributed by atoms with Gasteiger partial charge in [-0.2, -0.15) is 11.1 Å². The molecule has 0 aliphatic rings. The Labute approximate surface area is 102 Å². The first kappa shape index (κ1) is 13.2. The molecular weight excluding hydrogens is 244 g/mol. The highest BCUT2D eigenvalue weighted by molar-refractivity contribution is 7.26. The van der Waals surface area contributed by atoms with E-state index in [4.69, 9.17) is 25.3 Å². The van der Waals surface area contributed by atoms with Crippen molar-refractivity contribution in [3.8, 4) is 17.2 Å². The predicted molar refractivity (Wildman–Crippen MR) is 69.1 cm³/mol. The molecule has 0 radical (unpaired) electrons. The lowest BCUT2D eigenvalue weighted by atomic mass is 10.3. The summed E-state index contributed by atoms with van der Waals surface area (Å²) in [6, 6.07) is 3.66. The molecule has 1 aromatic carbocycles. The molecule has 0 aromatic heterocycles. The third-order valence-corrected chi connectivity index (χ3v) is 4.56. The quantitative estimate of drug-likeness (QED) is 0.615. The maximum atomic E-state index is 6.46. The number of rotatable bonds is 4. The average molecular weight is 261 g/mol. The number of hydrogen-bond acceptors (Lipinski definition) is 3. The van der Waals surface area contributed by atoms with Crippen molar-refractivity contribution in [2.45, 2.75) is 13.1 Å². The van der Waals surface area contributed by atoms with Crippen LogP contribution < -0.4 is 19.4 Å². The predicted octanol–water partition coefficient (Wildman–Crippen LogP) is 2.36. The molecule has 0 N–H and O–H groups in total. The van der Waals surface area contributed by atoms with Gasteiger partial charge in [0.25, 0.3) is 0 Å². The first-order valence-corrected chi connectivity index (χ1v) is 8.94. The normalized spacial score (nSPS) is 11.1. The Kier molecular flexibility index (Phi) is 4.10. The number of halogens is 1. The van der Waals surface area contributed by atoms with Crippen LogP contribution in [0.5, 0.6) is 17.2 Å². The van der Waals surface area contributed by atoms with Gasteiger partial charge in [0.15, 0.2) is 7.38 Å². The molecule has 0 amide bonds. The van der Waals surface area contributed by atoms with Crippen molar-refractivity contribution in [3.63, 3.8) is 0 Å². The van der Waals surface area contributed by atoms with E-state index < -0.39 is 7.38 Å². The Hall–Kier alpha value is -0.873. The minimum absolute atomic E-state index is 0.701. The van der Waals surface area contributed by atoms with Crippen LogP contribution in [0.3, 0.4) is 0 Å². The van der Waals surface area contributed by atoms with Gasteiger partial charge >= 0.3 is 0 Å². The van der Waals surface area contributed by atoms with Crippen molar-refractivity contribution >= 4 is 23.6 Å². The summed E-state index contributed by atoms with van der Waals surface area (Å²) in [5.74, 6) is 2.15. The van der Waals surface area contributed by atoms with Crippen LogP contribution in [0.2, 0.25) is 13.1 Å². The van der Waals surface area contributed by atoms with Crippen LogP contribution in [0.4, 0.5) is 0 Å². The zero-order valence-electron chi connectivity index (χ0n) is 10.3. The van der Waals surface area contributed by atoms with E-state index >= 15 is 0 Å². The lowest BCUT2D eigenvalue weighted by Gasteiger charge is -2.21. The van der Waals surface area contributed by atoms with Gasteiger partial charge in [-0.25, -0.2) is 0 Å². The van der Waals surface area contributed by atoms with Crippen LogP contribution in [0.15, 0.2) is 12.1 Å². The van der Waals surface area contributed by atoms with E-state index in [9.17, 15) is 0 Å². The van der Waals surface area contributed by atoms with Crippen LogP contribution in [-0.4, -0.2) is 28.7 Å². The Morgan fingerprint density at radius 3 is 1.62 bits per heavy atom. The van der Waals surface area contributed by atoms with E-state index in [1.807, 2.05) is 25.2 Å². The molecule has 0 fully saturated rings. The molecule has 3 nitrogen and oxygen atoms in total. The molecular formula is C11H17ClO3Si. The second kappa shape index (κ2) is 4.97. The van der Waals surface area contributed by atoms with Crippen molar-refractivity contribution in [2.24, 2.45) is 0 Å². The highest BCUT2D eigenvalue weighted by Crippen LogP contribution is 2.29. The summed E-state index contributed by atoms with van der Waals surface area (Å²) in [6.45, 7) is 4.06. The lowest BCUT2D eigenvalue weighted by molar-refractivity contribution is 0.379. The third kappa shape index (κ3) is 2.62. The summed E-state index contributed by atoms with van der Waals surface area (Å²) in [5.41, 5.74) is 0. The van der Waals surface area contributed by atoms with E-state index in [1.54, 1.807) is 21.3 Å². The van der Waals surface area contributed by atoms with Crippen molar-refractivity contribution in [1.82, 2.24) is 0 Å². The van der Waals surface area contributed by atoms with Crippen molar-refractivity contribution in [3.05, 3.63) is 12.1 Å². The van der Waals surface area contributed by atoms with Gasteiger partial charge in [-0.15, -0.1) is 0 Å². The maximum absolute atomic E-state index is 6.46. The van der Waals surface area contributed by atoms with Crippen LogP contribution in [0.25, 0.3) is 0 Å². The SMILES string of the molecule is COc1cc(OC)c([Si](C)(C)Cl)c(OC)c1. The minimum Gasteiger partial charge on any atom is -0.497 e. The Balaban J connectivity index is 3.44. The fourth-order valence-electron chi connectivity index (χ4n) is 1.59. The first-order valence-electron chi connectivity index (χ1n) is 4.93. The highest BCUT2D eigenvalue weighted by atomic mass is 35.6. The molecule has 0 spiro atoms. The van der Waals surface area contributed by atoms with Crippen LogP contribution in [0.1, 0.15) is 0 Å². The van der Waals surface area contributed by atoms with Gasteiger partial charge in [0.2, 0.25) is 0 Å². The zero-order chi connectivity index (χ0) is 12.3. The van der Waals surface area contributed by atoms with Gasteiger partial charge in [-0.05, 0) is 0 Å². The monoisotopic (exact) mass is 260 g/mol. The van der Waals surface area contributed by atoms with Crippen LogP contribution >= 0.6 is 11.1 Å². The summed E-state index contributed by atoms with van der Waals surface area (Å²) >= 11 is 6.46. The molecule has 0 aliphatic heterocycles. The average Bonchev–Trinajstić information content (AvgIpc) is 2.25. The van der Waals surface area contributed by atoms with E-state index in [1.165, 1.54) is 0 Å². The molecule has 1 aromatic rings. The van der Waals surface area contributed by atoms with Crippen LogP contribution in [-0.2, 0) is 0 Å². The van der Waals surface area contributed by atoms with Gasteiger partial charge in [0.1, 0.15) is 17.2 Å². The smallest absolute Gasteiger partial charge is 0.189 e. The number of benzene rings is 1. The third-order valence-electron chi connectivity index (χ3n) is 2.31. The molecule has 0 heterocycles. The molecule has 5 heteroatoms. The van der Waals surface area contributed by atoms with Crippen molar-refractivity contribution < 1.29 is 14.2 Å². The first-order chi connectivity index (χ1) is 7.43. The fraction of sp³-hybridized carbons (Fsp3) is 0.455. The summed E-state index contributed by atoms with van der Waals surface area (Å²) in [7, 11) is 2.81. The van der Waals surface area contributed by atoms with Gasteiger partial charge in [0.05, 0.1) is 21.3 Å². The molecule has 16 heavy (non-hydrogen) atoms. The van der Waals surface area contributed by atoms with E-state index in [-0.39, 0.29) is 0 Å². The molecule has 0 aliphatic carbocycles. The van der Waals surface area contributed by atoms with Crippen LogP contribution in [0, 0.1) is 0 Å². The van der Waals surface area contributed by atoms with E-state index in [2.05, 4.69) is 0 Å². The van der Waals surface area contributed by atoms with Gasteiger partial charge in [-0.3, -0.25) is 0 Å². The largest absolute Gasteiger partial charge is 0.497 e. The van der Waals surface area contributed by atoms with Gasteiger partial charge in [0, 0.05) is 17.3 Å². The Bertz CT molecular complexity index is 349. The Morgan fingerprint density at radius 2 is 1.38 bits per heavy atom. The van der Waals surface area contributed by atoms with Crippen molar-refractivity contribution in [1.29, 1.82) is 0 Å². The maximum Gasteiger partial charge on any atom is 0.189 e. The molecule has 90 valence electrons. The standard InChI is InChI=1S/C11H17ClO3Si/c1-13-8-6-9(14-2)11(16(4,5)12)10(7-8)15-3/h6-7H,1-5H3. The molecule has 0 saturated heterocycles. The summed E-state index contributed by atoms with van der Waals surface area (Å²) in [5, 5.41) is 0.958. The molecule has 0 bridgehead atoms. The van der Waals surface area contributed by atoms with E-state index in [0.717, 1.165) is 16.7 Å². The summed E-state index contributed by atoms with van der Waals surface area (Å²) < 4.78 is 15.9. The highest BCUT2D eigenvalue weighted by Gasteiger charge is 2.29. The second-order valence-corrected chi connectivity index (χ2v) is 10.2. The molecule has 0 saturated carbocycles. The summed E-state index contributed by atoms with van der Waals surface area (Å²) in [6.07, 6.45) is 0. The fourth-order valence-corrected chi connectivity index (χ4v) is 3.67. The van der Waals surface area contributed by atoms with Crippen molar-refractivity contribution in [2.75, 3.05) is 21.3 Å². The topological polar surface area (TPSA) is 27.7 Å². The number of methoxy groups -OCH3 is 3. The van der Waals surface area contributed by atoms with Gasteiger partial charge in [-0.1, -0.05) is 13.1 Å². The molecule has 0 atom stereocenters. The number of hydrogen-bond donors (Lipinski definition) is 0. The summed E-state index contributed by atoms with van der Waals surface area (Å²) in [4.78, 5) is 0. The van der Waals surface area contributed by atoms with Gasteiger partial charge < -0.3 is 14.2 Å². The second-order valence-electron chi connectivity index (χ2n) is 3.88. The van der Waals surface area contributed by atoms with E-state index in [0.29, 0.717) is 5.75 Å².